The molecule has 34 heavy (non-hydrogen) atoms. The van der Waals surface area contributed by atoms with Crippen molar-refractivity contribution in [1.82, 2.24) is 5.32 Å². The number of carbonyl (C=O) groups is 2. The number of aryl methyl sites for hydroxylation is 1. The summed E-state index contributed by atoms with van der Waals surface area (Å²) in [5, 5.41) is 5.37. The Hall–Kier alpha value is -3.04. The van der Waals surface area contributed by atoms with Gasteiger partial charge in [-0.1, -0.05) is 31.2 Å². The Bertz CT molecular complexity index is 1030. The fraction of sp³-hybridized carbons (Fsp3) is 0.417. The highest BCUT2D eigenvalue weighted by molar-refractivity contribution is 5.92. The molecule has 1 amide bonds. The van der Waals surface area contributed by atoms with Gasteiger partial charge in [0.25, 0.3) is 0 Å². The molecule has 1 aliphatic rings. The van der Waals surface area contributed by atoms with Gasteiger partial charge >= 0.3 is 12.4 Å². The zero-order chi connectivity index (χ0) is 24.4. The summed E-state index contributed by atoms with van der Waals surface area (Å²) in [7, 11) is 0. The lowest BCUT2D eigenvalue weighted by Gasteiger charge is -2.16. The van der Waals surface area contributed by atoms with Gasteiger partial charge in [-0.15, -0.1) is 0 Å². The molecule has 0 atom stereocenters. The molecule has 4 nitrogen and oxygen atoms in total. The van der Waals surface area contributed by atoms with Crippen molar-refractivity contribution in [3.63, 3.8) is 0 Å². The lowest BCUT2D eigenvalue weighted by atomic mass is 9.96. The van der Waals surface area contributed by atoms with Gasteiger partial charge < -0.3 is 10.6 Å². The predicted molar refractivity (Wildman–Crippen MR) is 116 cm³/mol. The summed E-state index contributed by atoms with van der Waals surface area (Å²) < 4.78 is 76.9. The van der Waals surface area contributed by atoms with E-state index < -0.39 is 47.9 Å². The standard InChI is InChI=1S/C23H22F6N2O2.CH4/c1-14-2-7-19(18(10-14)23(27,28)29)31-16-5-3-15(4-6-16)13-30-20(33)21(8-9-21)11-17(32)12-22(24,25)26;/h2-7,10,31H,8-9,11-13H2,1H3,(H,30,33);1H4. The lowest BCUT2D eigenvalue weighted by molar-refractivity contribution is -0.154. The van der Waals surface area contributed by atoms with Crippen LogP contribution in [0.15, 0.2) is 42.5 Å². The van der Waals surface area contributed by atoms with Crippen molar-refractivity contribution in [2.45, 2.75) is 58.9 Å². The Morgan fingerprint density at radius 1 is 0.971 bits per heavy atom. The van der Waals surface area contributed by atoms with Crippen molar-refractivity contribution in [2.24, 2.45) is 5.41 Å². The normalized spacial score (nSPS) is 14.7. The molecule has 3 rings (SSSR count). The highest BCUT2D eigenvalue weighted by Gasteiger charge is 2.51. The molecule has 186 valence electrons. The highest BCUT2D eigenvalue weighted by Crippen LogP contribution is 2.49. The van der Waals surface area contributed by atoms with Gasteiger partial charge in [-0.05, 0) is 49.6 Å². The summed E-state index contributed by atoms with van der Waals surface area (Å²) >= 11 is 0. The second kappa shape index (κ2) is 10.1. The molecular formula is C24H26F6N2O2. The van der Waals surface area contributed by atoms with E-state index in [-0.39, 0.29) is 19.7 Å². The van der Waals surface area contributed by atoms with E-state index in [1.165, 1.54) is 6.07 Å². The molecule has 1 fully saturated rings. The van der Waals surface area contributed by atoms with Crippen LogP contribution in [0.5, 0.6) is 0 Å². The van der Waals surface area contributed by atoms with Gasteiger partial charge in [-0.2, -0.15) is 26.3 Å². The molecule has 0 spiro atoms. The molecule has 0 unspecified atom stereocenters. The molecule has 1 aliphatic carbocycles. The van der Waals surface area contributed by atoms with Crippen molar-refractivity contribution in [2.75, 3.05) is 5.32 Å². The Morgan fingerprint density at radius 2 is 1.59 bits per heavy atom. The first-order valence-corrected chi connectivity index (χ1v) is 10.2. The number of hydrogen-bond acceptors (Lipinski definition) is 3. The second-order valence-electron chi connectivity index (χ2n) is 8.34. The summed E-state index contributed by atoms with van der Waals surface area (Å²) in [5.74, 6) is -1.49. The Morgan fingerprint density at radius 3 is 2.12 bits per heavy atom. The third kappa shape index (κ3) is 7.23. The van der Waals surface area contributed by atoms with Gasteiger partial charge in [0.15, 0.2) is 0 Å². The van der Waals surface area contributed by atoms with E-state index in [0.717, 1.165) is 6.07 Å². The largest absolute Gasteiger partial charge is 0.418 e. The van der Waals surface area contributed by atoms with Crippen molar-refractivity contribution in [3.8, 4) is 0 Å². The number of halogens is 6. The van der Waals surface area contributed by atoms with Crippen molar-refractivity contribution in [1.29, 1.82) is 0 Å². The van der Waals surface area contributed by atoms with Crippen LogP contribution in [0.2, 0.25) is 0 Å². The van der Waals surface area contributed by atoms with Crippen LogP contribution in [-0.4, -0.2) is 17.9 Å². The zero-order valence-electron chi connectivity index (χ0n) is 17.7. The molecule has 0 saturated heterocycles. The van der Waals surface area contributed by atoms with Crippen LogP contribution in [-0.2, 0) is 22.3 Å². The third-order valence-corrected chi connectivity index (χ3v) is 5.43. The van der Waals surface area contributed by atoms with Gasteiger partial charge in [-0.3, -0.25) is 9.59 Å². The molecule has 0 aromatic heterocycles. The minimum atomic E-state index is -4.60. The van der Waals surface area contributed by atoms with Crippen LogP contribution >= 0.6 is 0 Å². The predicted octanol–water partition coefficient (Wildman–Crippen LogP) is 6.70. The molecule has 0 heterocycles. The average molecular weight is 488 g/mol. The fourth-order valence-corrected chi connectivity index (χ4v) is 3.53. The number of ketones is 1. The molecule has 0 aliphatic heterocycles. The molecule has 1 saturated carbocycles. The SMILES string of the molecule is C.Cc1ccc(Nc2ccc(CNC(=O)C3(CC(=O)CC(F)(F)F)CC3)cc2)c(C(F)(F)F)c1. The average Bonchev–Trinajstić information content (AvgIpc) is 3.46. The van der Waals surface area contributed by atoms with E-state index in [4.69, 9.17) is 0 Å². The maximum atomic E-state index is 13.3. The smallest absolute Gasteiger partial charge is 0.355 e. The van der Waals surface area contributed by atoms with Gasteiger partial charge in [0.1, 0.15) is 12.2 Å². The molecule has 2 aromatic rings. The fourth-order valence-electron chi connectivity index (χ4n) is 3.53. The Balaban J connectivity index is 0.00000408. The van der Waals surface area contributed by atoms with Crippen LogP contribution in [0.3, 0.4) is 0 Å². The molecular weight excluding hydrogens is 462 g/mol. The minimum absolute atomic E-state index is 0. The van der Waals surface area contributed by atoms with E-state index in [1.807, 2.05) is 0 Å². The summed E-state index contributed by atoms with van der Waals surface area (Å²) in [6.45, 7) is 1.65. The van der Waals surface area contributed by atoms with Crippen molar-refractivity contribution < 1.29 is 35.9 Å². The number of carbonyl (C=O) groups excluding carboxylic acids is 2. The van der Waals surface area contributed by atoms with Gasteiger partial charge in [0.05, 0.1) is 16.7 Å². The zero-order valence-corrected chi connectivity index (χ0v) is 17.7. The monoisotopic (exact) mass is 488 g/mol. The number of Topliss-reactive ketones (excluding diaryl/α,β-unsaturated/α-hetero) is 1. The molecule has 0 radical (unpaired) electrons. The second-order valence-corrected chi connectivity index (χ2v) is 8.34. The summed E-state index contributed by atoms with van der Waals surface area (Å²) in [6, 6.07) is 10.3. The van der Waals surface area contributed by atoms with Crippen LogP contribution < -0.4 is 10.6 Å². The number of alkyl halides is 6. The first kappa shape index (κ1) is 27.2. The molecule has 2 aromatic carbocycles. The summed E-state index contributed by atoms with van der Waals surface area (Å²) in [4.78, 5) is 24.0. The third-order valence-electron chi connectivity index (χ3n) is 5.43. The first-order valence-electron chi connectivity index (χ1n) is 10.2. The van der Waals surface area contributed by atoms with E-state index in [9.17, 15) is 35.9 Å². The number of hydrogen-bond donors (Lipinski definition) is 2. The van der Waals surface area contributed by atoms with Gasteiger partial charge in [-0.25, -0.2) is 0 Å². The van der Waals surface area contributed by atoms with Gasteiger partial charge in [0.2, 0.25) is 5.91 Å². The topological polar surface area (TPSA) is 58.2 Å². The molecule has 0 bridgehead atoms. The molecule has 2 N–H and O–H groups in total. The van der Waals surface area contributed by atoms with Crippen LogP contribution in [0, 0.1) is 12.3 Å². The number of nitrogens with one attached hydrogen (secondary N) is 2. The summed E-state index contributed by atoms with van der Waals surface area (Å²) in [5.41, 5.74) is -0.417. The first-order chi connectivity index (χ1) is 15.3. The number of benzene rings is 2. The lowest BCUT2D eigenvalue weighted by Crippen LogP contribution is -2.33. The van der Waals surface area contributed by atoms with Crippen LogP contribution in [0.1, 0.15) is 49.8 Å². The quantitative estimate of drug-likeness (QED) is 0.407. The van der Waals surface area contributed by atoms with Crippen LogP contribution in [0.25, 0.3) is 0 Å². The van der Waals surface area contributed by atoms with Crippen LogP contribution in [0.4, 0.5) is 37.7 Å². The Kier molecular flexibility index (Phi) is 8.06. The number of rotatable bonds is 8. The van der Waals surface area contributed by atoms with E-state index >= 15 is 0 Å². The maximum Gasteiger partial charge on any atom is 0.418 e. The van der Waals surface area contributed by atoms with E-state index in [0.29, 0.717) is 29.7 Å². The maximum absolute atomic E-state index is 13.3. The Labute approximate surface area is 193 Å². The van der Waals surface area contributed by atoms with Crippen molar-refractivity contribution >= 4 is 23.1 Å². The van der Waals surface area contributed by atoms with E-state index in [2.05, 4.69) is 10.6 Å². The van der Waals surface area contributed by atoms with Crippen molar-refractivity contribution in [3.05, 3.63) is 59.2 Å². The number of amides is 1. The van der Waals surface area contributed by atoms with Gasteiger partial charge in [0, 0.05) is 18.7 Å². The molecule has 10 heteroatoms. The van der Waals surface area contributed by atoms with E-state index in [1.54, 1.807) is 37.3 Å². The minimum Gasteiger partial charge on any atom is -0.355 e. The summed E-state index contributed by atoms with van der Waals surface area (Å²) in [6.07, 6.45) is -10.4. The number of anilines is 2. The highest BCUT2D eigenvalue weighted by atomic mass is 19.4.